The molecule has 8 nitrogen and oxygen atoms in total. The van der Waals surface area contributed by atoms with Gasteiger partial charge in [-0.2, -0.15) is 0 Å². The van der Waals surface area contributed by atoms with E-state index in [9.17, 15) is 14.9 Å². The number of nitrogens with one attached hydrogen (secondary N) is 1. The minimum absolute atomic E-state index is 0.00488. The average molecular weight is 554 g/mol. The molecule has 1 aliphatic carbocycles. The minimum Gasteiger partial charge on any atom is -0.491 e. The van der Waals surface area contributed by atoms with Crippen LogP contribution in [0.2, 0.25) is 0 Å². The Kier molecular flexibility index (Phi) is 7.15. The van der Waals surface area contributed by atoms with Crippen LogP contribution in [0.4, 0.5) is 5.69 Å². The molecule has 3 aromatic carbocycles. The van der Waals surface area contributed by atoms with Crippen molar-refractivity contribution in [2.75, 3.05) is 13.2 Å². The van der Waals surface area contributed by atoms with Crippen LogP contribution in [-0.2, 0) is 6.54 Å². The van der Waals surface area contributed by atoms with E-state index in [0.717, 1.165) is 16.8 Å². The fourth-order valence-corrected chi connectivity index (χ4v) is 6.22. The summed E-state index contributed by atoms with van der Waals surface area (Å²) < 4.78 is 14.4. The zero-order valence-electron chi connectivity index (χ0n) is 23.5. The standard InChI is InChI=1S/C33H35N3O5/c1-33(2,21-41-25-15-13-24(14-16-25)36(38)39)34-32(37)23-12-17-26-28(20-23)35-18-19-40-29-11-7-6-10-27(29)31(35)30(26)22-8-4-3-5-9-22/h6-7,10-17,20,22H,3-5,8-9,18-19,21H2,1-2H3,(H,34,37). The van der Waals surface area contributed by atoms with Crippen molar-refractivity contribution < 1.29 is 19.2 Å². The molecule has 0 unspecified atom stereocenters. The minimum atomic E-state index is -0.677. The number of carbonyl (C=O) groups excluding carboxylic acids is 1. The monoisotopic (exact) mass is 553 g/mol. The lowest BCUT2D eigenvalue weighted by atomic mass is 9.81. The van der Waals surface area contributed by atoms with Crippen molar-refractivity contribution in [1.29, 1.82) is 0 Å². The number of aromatic nitrogens is 1. The van der Waals surface area contributed by atoms with E-state index in [0.29, 0.717) is 30.4 Å². The highest BCUT2D eigenvalue weighted by molar-refractivity contribution is 6.01. The van der Waals surface area contributed by atoms with E-state index in [2.05, 4.69) is 28.1 Å². The van der Waals surface area contributed by atoms with Gasteiger partial charge in [-0.3, -0.25) is 14.9 Å². The van der Waals surface area contributed by atoms with Crippen LogP contribution in [0.1, 0.15) is 67.8 Å². The van der Waals surface area contributed by atoms with Crippen LogP contribution in [0.5, 0.6) is 11.5 Å². The molecule has 6 rings (SSSR count). The highest BCUT2D eigenvalue weighted by Crippen LogP contribution is 2.47. The molecule has 4 aromatic rings. The van der Waals surface area contributed by atoms with Gasteiger partial charge in [-0.25, -0.2) is 0 Å². The number of para-hydroxylation sites is 1. The SMILES string of the molecule is CC(C)(COc1ccc([N+](=O)[O-])cc1)NC(=O)c1ccc2c(C3CCCCC3)c3n(c2c1)CCOc1ccccc1-3. The Hall–Kier alpha value is -4.33. The number of hydrogen-bond acceptors (Lipinski definition) is 5. The first-order chi connectivity index (χ1) is 19.8. The summed E-state index contributed by atoms with van der Waals surface area (Å²) in [7, 11) is 0. The van der Waals surface area contributed by atoms with Crippen LogP contribution < -0.4 is 14.8 Å². The predicted octanol–water partition coefficient (Wildman–Crippen LogP) is 7.24. The van der Waals surface area contributed by atoms with Crippen molar-refractivity contribution in [3.05, 3.63) is 88.0 Å². The smallest absolute Gasteiger partial charge is 0.269 e. The van der Waals surface area contributed by atoms with Gasteiger partial charge in [0.05, 0.1) is 22.7 Å². The molecular weight excluding hydrogens is 518 g/mol. The Morgan fingerprint density at radius 2 is 1.83 bits per heavy atom. The van der Waals surface area contributed by atoms with Gasteiger partial charge in [0.15, 0.2) is 0 Å². The topological polar surface area (TPSA) is 95.6 Å². The quantitative estimate of drug-likeness (QED) is 0.192. The lowest BCUT2D eigenvalue weighted by Crippen LogP contribution is -2.47. The molecule has 0 spiro atoms. The maximum Gasteiger partial charge on any atom is 0.269 e. The van der Waals surface area contributed by atoms with Crippen molar-refractivity contribution in [1.82, 2.24) is 9.88 Å². The molecule has 1 aliphatic heterocycles. The molecule has 0 bridgehead atoms. The van der Waals surface area contributed by atoms with Crippen LogP contribution in [-0.4, -0.2) is 34.2 Å². The van der Waals surface area contributed by atoms with Crippen molar-refractivity contribution in [2.24, 2.45) is 0 Å². The van der Waals surface area contributed by atoms with E-state index in [1.807, 2.05) is 38.1 Å². The third kappa shape index (κ3) is 5.38. The lowest BCUT2D eigenvalue weighted by Gasteiger charge is -2.26. The number of non-ortho nitro benzene ring substituents is 1. The summed E-state index contributed by atoms with van der Waals surface area (Å²) in [5, 5.41) is 15.2. The van der Waals surface area contributed by atoms with Gasteiger partial charge < -0.3 is 19.4 Å². The van der Waals surface area contributed by atoms with Gasteiger partial charge in [0.2, 0.25) is 0 Å². The van der Waals surface area contributed by atoms with Gasteiger partial charge in [-0.15, -0.1) is 0 Å². The summed E-state index contributed by atoms with van der Waals surface area (Å²) in [5.41, 5.74) is 4.73. The molecule has 1 saturated carbocycles. The molecule has 0 radical (unpaired) electrons. The third-order valence-corrected chi connectivity index (χ3v) is 8.19. The predicted molar refractivity (Wildman–Crippen MR) is 159 cm³/mol. The van der Waals surface area contributed by atoms with Gasteiger partial charge in [-0.05, 0) is 74.6 Å². The number of nitro benzene ring substituents is 1. The number of hydrogen-bond donors (Lipinski definition) is 1. The number of fused-ring (bicyclic) bond motifs is 5. The zero-order valence-corrected chi connectivity index (χ0v) is 23.5. The number of amides is 1. The molecule has 2 aliphatic rings. The highest BCUT2D eigenvalue weighted by atomic mass is 16.6. The Labute approximate surface area is 239 Å². The molecule has 1 fully saturated rings. The van der Waals surface area contributed by atoms with Crippen LogP contribution >= 0.6 is 0 Å². The van der Waals surface area contributed by atoms with Gasteiger partial charge in [0, 0.05) is 34.2 Å². The number of carbonyl (C=O) groups is 1. The van der Waals surface area contributed by atoms with E-state index in [4.69, 9.17) is 9.47 Å². The van der Waals surface area contributed by atoms with E-state index < -0.39 is 10.5 Å². The molecule has 1 N–H and O–H groups in total. The van der Waals surface area contributed by atoms with E-state index in [-0.39, 0.29) is 18.2 Å². The molecule has 212 valence electrons. The first-order valence-corrected chi connectivity index (χ1v) is 14.4. The molecule has 1 aromatic heterocycles. The maximum atomic E-state index is 13.5. The van der Waals surface area contributed by atoms with E-state index >= 15 is 0 Å². The Morgan fingerprint density at radius 1 is 1.07 bits per heavy atom. The lowest BCUT2D eigenvalue weighted by molar-refractivity contribution is -0.384. The fraction of sp³-hybridized carbons (Fsp3) is 0.364. The molecule has 2 heterocycles. The fourth-order valence-electron chi connectivity index (χ4n) is 6.22. The summed E-state index contributed by atoms with van der Waals surface area (Å²) in [6.45, 7) is 5.29. The van der Waals surface area contributed by atoms with Gasteiger partial charge in [0.25, 0.3) is 11.6 Å². The average Bonchev–Trinajstić information content (AvgIpc) is 3.17. The zero-order chi connectivity index (χ0) is 28.6. The normalized spacial score (nSPS) is 15.4. The first-order valence-electron chi connectivity index (χ1n) is 14.4. The Morgan fingerprint density at radius 3 is 2.59 bits per heavy atom. The first kappa shape index (κ1) is 26.9. The van der Waals surface area contributed by atoms with Gasteiger partial charge >= 0.3 is 0 Å². The summed E-state index contributed by atoms with van der Waals surface area (Å²) >= 11 is 0. The molecule has 1 amide bonds. The number of rotatable bonds is 7. The maximum absolute atomic E-state index is 13.5. The highest BCUT2D eigenvalue weighted by Gasteiger charge is 2.30. The van der Waals surface area contributed by atoms with Gasteiger partial charge in [-0.1, -0.05) is 37.5 Å². The van der Waals surface area contributed by atoms with Crippen molar-refractivity contribution in [3.63, 3.8) is 0 Å². The second-order valence-corrected chi connectivity index (χ2v) is 11.7. The van der Waals surface area contributed by atoms with Crippen molar-refractivity contribution in [3.8, 4) is 22.8 Å². The number of nitro groups is 1. The van der Waals surface area contributed by atoms with Crippen LogP contribution in [0, 0.1) is 10.1 Å². The van der Waals surface area contributed by atoms with Gasteiger partial charge in [0.1, 0.15) is 24.7 Å². The number of nitrogens with zero attached hydrogens (tertiary/aromatic N) is 2. The van der Waals surface area contributed by atoms with Crippen molar-refractivity contribution in [2.45, 2.75) is 64.0 Å². The summed E-state index contributed by atoms with van der Waals surface area (Å²) in [4.78, 5) is 24.0. The summed E-state index contributed by atoms with van der Waals surface area (Å²) in [6, 6.07) is 20.3. The molecule has 8 heteroatoms. The van der Waals surface area contributed by atoms with Crippen molar-refractivity contribution >= 4 is 22.5 Å². The molecule has 41 heavy (non-hydrogen) atoms. The second kappa shape index (κ2) is 10.9. The van der Waals surface area contributed by atoms with Crippen LogP contribution in [0.15, 0.2) is 66.7 Å². The molecule has 0 saturated heterocycles. The largest absolute Gasteiger partial charge is 0.491 e. The summed E-state index contributed by atoms with van der Waals surface area (Å²) in [6.07, 6.45) is 6.14. The molecular formula is C33H35N3O5. The Bertz CT molecular complexity index is 1600. The summed E-state index contributed by atoms with van der Waals surface area (Å²) in [5.74, 6) is 1.74. The number of ether oxygens (including phenoxy) is 2. The third-order valence-electron chi connectivity index (χ3n) is 8.19. The second-order valence-electron chi connectivity index (χ2n) is 11.7. The van der Waals surface area contributed by atoms with Crippen LogP contribution in [0.25, 0.3) is 22.2 Å². The van der Waals surface area contributed by atoms with E-state index in [1.54, 1.807) is 12.1 Å². The van der Waals surface area contributed by atoms with E-state index in [1.165, 1.54) is 60.9 Å². The molecule has 0 atom stereocenters. The Balaban J connectivity index is 1.30. The number of benzene rings is 3. The van der Waals surface area contributed by atoms with Crippen LogP contribution in [0.3, 0.4) is 0 Å².